The molecule has 4 N–H and O–H groups in total. The first-order valence-electron chi connectivity index (χ1n) is 15.5. The molecule has 2 atom stereocenters. The molecule has 2 unspecified atom stereocenters. The van der Waals surface area contributed by atoms with Gasteiger partial charge >= 0.3 is 0 Å². The second kappa shape index (κ2) is 15.3. The highest BCUT2D eigenvalue weighted by Gasteiger charge is 2.15. The molecular formula is C38H48N2. The standard InChI is InChI=1S/C38H48N2/c1-3-5-7-9-37(33-21-25-35(39)26-22-33)31-17-13-29(14-18-31)11-12-30-15-19-32(20-16-30)38(10-8-6-4-2)34-23-27-36(40)28-24-34/h13-28,37-38H,3-12,39-40H2,1-2H3. The number of benzene rings is 4. The molecule has 0 amide bonds. The van der Waals surface area contributed by atoms with Crippen molar-refractivity contribution in [2.75, 3.05) is 11.5 Å². The smallest absolute Gasteiger partial charge is 0.0314 e. The highest BCUT2D eigenvalue weighted by molar-refractivity contribution is 5.44. The van der Waals surface area contributed by atoms with Gasteiger partial charge in [-0.15, -0.1) is 0 Å². The first-order chi connectivity index (χ1) is 19.6. The van der Waals surface area contributed by atoms with Crippen LogP contribution in [0.25, 0.3) is 0 Å². The Labute approximate surface area is 242 Å². The number of nitrogens with two attached hydrogens (primary N) is 2. The van der Waals surface area contributed by atoms with E-state index in [1.807, 2.05) is 24.3 Å². The summed E-state index contributed by atoms with van der Waals surface area (Å²) in [5, 5.41) is 0. The van der Waals surface area contributed by atoms with Crippen molar-refractivity contribution in [3.63, 3.8) is 0 Å². The normalized spacial score (nSPS) is 12.8. The number of nitrogen functional groups attached to an aromatic ring is 2. The summed E-state index contributed by atoms with van der Waals surface area (Å²) < 4.78 is 0. The molecule has 2 heteroatoms. The zero-order valence-electron chi connectivity index (χ0n) is 24.6. The van der Waals surface area contributed by atoms with Gasteiger partial charge in [-0.25, -0.2) is 0 Å². The van der Waals surface area contributed by atoms with Gasteiger partial charge in [0.15, 0.2) is 0 Å². The minimum atomic E-state index is 0.431. The van der Waals surface area contributed by atoms with Gasteiger partial charge in [-0.1, -0.05) is 125 Å². The molecule has 0 saturated heterocycles. The van der Waals surface area contributed by atoms with Crippen LogP contribution in [-0.4, -0.2) is 0 Å². The quantitative estimate of drug-likeness (QED) is 0.118. The number of anilines is 2. The number of hydrogen-bond acceptors (Lipinski definition) is 2. The van der Waals surface area contributed by atoms with Crippen molar-refractivity contribution in [2.45, 2.75) is 89.9 Å². The van der Waals surface area contributed by atoms with Gasteiger partial charge in [-0.2, -0.15) is 0 Å². The van der Waals surface area contributed by atoms with Crippen LogP contribution in [0.5, 0.6) is 0 Å². The Morgan fingerprint density at radius 2 is 0.725 bits per heavy atom. The van der Waals surface area contributed by atoms with Gasteiger partial charge in [0, 0.05) is 23.2 Å². The molecule has 0 aliphatic carbocycles. The first kappa shape index (κ1) is 29.5. The van der Waals surface area contributed by atoms with Crippen LogP contribution in [0.1, 0.15) is 110 Å². The predicted molar refractivity (Wildman–Crippen MR) is 174 cm³/mol. The van der Waals surface area contributed by atoms with Crippen molar-refractivity contribution in [3.8, 4) is 0 Å². The van der Waals surface area contributed by atoms with Crippen LogP contribution >= 0.6 is 0 Å². The molecule has 0 bridgehead atoms. The zero-order valence-corrected chi connectivity index (χ0v) is 24.6. The summed E-state index contributed by atoms with van der Waals surface area (Å²) >= 11 is 0. The molecule has 0 aliphatic rings. The van der Waals surface area contributed by atoms with Crippen LogP contribution in [0.2, 0.25) is 0 Å². The number of aryl methyl sites for hydroxylation is 2. The van der Waals surface area contributed by atoms with Gasteiger partial charge < -0.3 is 11.5 Å². The van der Waals surface area contributed by atoms with Gasteiger partial charge in [0.1, 0.15) is 0 Å². The third kappa shape index (κ3) is 8.49. The summed E-state index contributed by atoms with van der Waals surface area (Å²) in [6.07, 6.45) is 12.0. The van der Waals surface area contributed by atoms with Crippen LogP contribution in [0.3, 0.4) is 0 Å². The van der Waals surface area contributed by atoms with Crippen LogP contribution in [-0.2, 0) is 12.8 Å². The summed E-state index contributed by atoms with van der Waals surface area (Å²) in [5.74, 6) is 0.861. The Kier molecular flexibility index (Phi) is 11.3. The molecule has 0 radical (unpaired) electrons. The Morgan fingerprint density at radius 3 is 1.02 bits per heavy atom. The topological polar surface area (TPSA) is 52.0 Å². The number of rotatable bonds is 15. The SMILES string of the molecule is CCCCCC(c1ccc(N)cc1)c1ccc(CCc2ccc(C(CCCCC)c3ccc(N)cc3)cc2)cc1. The van der Waals surface area contributed by atoms with E-state index in [0.29, 0.717) is 11.8 Å². The summed E-state index contributed by atoms with van der Waals surface area (Å²) in [5.41, 5.74) is 21.9. The van der Waals surface area contributed by atoms with E-state index in [9.17, 15) is 0 Å². The van der Waals surface area contributed by atoms with Crippen molar-refractivity contribution in [1.29, 1.82) is 0 Å². The van der Waals surface area contributed by atoms with E-state index >= 15 is 0 Å². The molecule has 40 heavy (non-hydrogen) atoms. The van der Waals surface area contributed by atoms with E-state index in [1.54, 1.807) is 0 Å². The molecule has 4 aromatic rings. The molecule has 2 nitrogen and oxygen atoms in total. The number of unbranched alkanes of at least 4 members (excludes halogenated alkanes) is 4. The largest absolute Gasteiger partial charge is 0.399 e. The molecule has 0 aliphatic heterocycles. The van der Waals surface area contributed by atoms with Gasteiger partial charge in [0.2, 0.25) is 0 Å². The summed E-state index contributed by atoms with van der Waals surface area (Å²) in [6.45, 7) is 4.54. The van der Waals surface area contributed by atoms with E-state index in [4.69, 9.17) is 11.5 Å². The van der Waals surface area contributed by atoms with Gasteiger partial charge in [0.25, 0.3) is 0 Å². The van der Waals surface area contributed by atoms with Crippen LogP contribution in [0.4, 0.5) is 11.4 Å². The Hall–Kier alpha value is -3.52. The molecule has 4 rings (SSSR count). The lowest BCUT2D eigenvalue weighted by Crippen LogP contribution is -2.03. The summed E-state index contributed by atoms with van der Waals surface area (Å²) in [6, 6.07) is 35.6. The molecule has 4 aromatic carbocycles. The average Bonchev–Trinajstić information content (AvgIpc) is 2.99. The highest BCUT2D eigenvalue weighted by atomic mass is 14.5. The lowest BCUT2D eigenvalue weighted by atomic mass is 9.85. The Bertz CT molecular complexity index is 1150. The van der Waals surface area contributed by atoms with Crippen LogP contribution < -0.4 is 11.5 Å². The van der Waals surface area contributed by atoms with E-state index in [-0.39, 0.29) is 0 Å². The van der Waals surface area contributed by atoms with Gasteiger partial charge in [0.05, 0.1) is 0 Å². The van der Waals surface area contributed by atoms with Crippen LogP contribution in [0.15, 0.2) is 97.1 Å². The van der Waals surface area contributed by atoms with Crippen molar-refractivity contribution in [2.24, 2.45) is 0 Å². The van der Waals surface area contributed by atoms with Crippen molar-refractivity contribution >= 4 is 11.4 Å². The lowest BCUT2D eigenvalue weighted by Gasteiger charge is -2.19. The monoisotopic (exact) mass is 532 g/mol. The predicted octanol–water partition coefficient (Wildman–Crippen LogP) is 10.1. The fourth-order valence-corrected chi connectivity index (χ4v) is 5.83. The van der Waals surface area contributed by atoms with E-state index < -0.39 is 0 Å². The third-order valence-corrected chi connectivity index (χ3v) is 8.34. The van der Waals surface area contributed by atoms with Crippen LogP contribution in [0, 0.1) is 0 Å². The minimum Gasteiger partial charge on any atom is -0.399 e. The van der Waals surface area contributed by atoms with Crippen molar-refractivity contribution in [3.05, 3.63) is 130 Å². The first-order valence-corrected chi connectivity index (χ1v) is 15.5. The molecule has 0 spiro atoms. The van der Waals surface area contributed by atoms with E-state index in [0.717, 1.165) is 24.2 Å². The summed E-state index contributed by atoms with van der Waals surface area (Å²) in [4.78, 5) is 0. The Balaban J connectivity index is 1.40. The van der Waals surface area contributed by atoms with Gasteiger partial charge in [-0.3, -0.25) is 0 Å². The fraction of sp³-hybridized carbons (Fsp3) is 0.368. The third-order valence-electron chi connectivity index (χ3n) is 8.34. The second-order valence-electron chi connectivity index (χ2n) is 11.4. The van der Waals surface area contributed by atoms with Crippen molar-refractivity contribution < 1.29 is 0 Å². The zero-order chi connectivity index (χ0) is 28.2. The maximum Gasteiger partial charge on any atom is 0.0314 e. The number of hydrogen-bond donors (Lipinski definition) is 2. The molecule has 0 heterocycles. The summed E-state index contributed by atoms with van der Waals surface area (Å²) in [7, 11) is 0. The van der Waals surface area contributed by atoms with Crippen molar-refractivity contribution in [1.82, 2.24) is 0 Å². The maximum absolute atomic E-state index is 5.96. The van der Waals surface area contributed by atoms with E-state index in [1.165, 1.54) is 84.7 Å². The molecule has 0 saturated carbocycles. The average molecular weight is 533 g/mol. The highest BCUT2D eigenvalue weighted by Crippen LogP contribution is 2.32. The molecule has 0 fully saturated rings. The second-order valence-corrected chi connectivity index (χ2v) is 11.4. The lowest BCUT2D eigenvalue weighted by molar-refractivity contribution is 0.618. The Morgan fingerprint density at radius 1 is 0.425 bits per heavy atom. The molecule has 210 valence electrons. The minimum absolute atomic E-state index is 0.431. The molecular weight excluding hydrogens is 484 g/mol. The van der Waals surface area contributed by atoms with Gasteiger partial charge in [-0.05, 0) is 83.3 Å². The van der Waals surface area contributed by atoms with E-state index in [2.05, 4.69) is 86.6 Å². The fourth-order valence-electron chi connectivity index (χ4n) is 5.83. The maximum atomic E-state index is 5.96. The molecule has 0 aromatic heterocycles.